The number of nitrogens with zero attached hydrogens (tertiary/aromatic N) is 1. The SMILES string of the molecule is CC1OCCC1CNC(=O)c1cc(Cl)c(N)c([N+](=O)[O-])c1. The van der Waals surface area contributed by atoms with E-state index >= 15 is 0 Å². The molecule has 0 bridgehead atoms. The first-order valence-electron chi connectivity index (χ1n) is 6.53. The number of nitro benzene ring substituents is 1. The largest absolute Gasteiger partial charge is 0.392 e. The van der Waals surface area contributed by atoms with E-state index in [4.69, 9.17) is 22.1 Å². The monoisotopic (exact) mass is 313 g/mol. The summed E-state index contributed by atoms with van der Waals surface area (Å²) in [4.78, 5) is 22.3. The van der Waals surface area contributed by atoms with Gasteiger partial charge < -0.3 is 15.8 Å². The molecule has 1 aromatic carbocycles. The van der Waals surface area contributed by atoms with Gasteiger partial charge in [-0.2, -0.15) is 0 Å². The summed E-state index contributed by atoms with van der Waals surface area (Å²) < 4.78 is 5.41. The van der Waals surface area contributed by atoms with E-state index in [1.807, 2.05) is 6.92 Å². The van der Waals surface area contributed by atoms with Crippen molar-refractivity contribution in [2.24, 2.45) is 5.92 Å². The number of nitrogen functional groups attached to an aromatic ring is 1. The van der Waals surface area contributed by atoms with Crippen LogP contribution < -0.4 is 11.1 Å². The number of nitrogens with two attached hydrogens (primary N) is 1. The van der Waals surface area contributed by atoms with Crippen LogP contribution in [-0.2, 0) is 4.74 Å². The van der Waals surface area contributed by atoms with Gasteiger partial charge in [-0.3, -0.25) is 14.9 Å². The highest BCUT2D eigenvalue weighted by Gasteiger charge is 2.25. The number of ether oxygens (including phenoxy) is 1. The van der Waals surface area contributed by atoms with Gasteiger partial charge in [0.2, 0.25) is 0 Å². The fourth-order valence-electron chi connectivity index (χ4n) is 2.26. The molecular formula is C13H16ClN3O4. The van der Waals surface area contributed by atoms with Crippen molar-refractivity contribution in [1.29, 1.82) is 0 Å². The molecule has 2 atom stereocenters. The van der Waals surface area contributed by atoms with Crippen molar-refractivity contribution in [2.45, 2.75) is 19.4 Å². The van der Waals surface area contributed by atoms with Gasteiger partial charge in [-0.05, 0) is 19.4 Å². The Morgan fingerprint density at radius 2 is 2.33 bits per heavy atom. The highest BCUT2D eigenvalue weighted by Crippen LogP contribution is 2.30. The van der Waals surface area contributed by atoms with Gasteiger partial charge in [-0.25, -0.2) is 0 Å². The molecule has 1 heterocycles. The quantitative estimate of drug-likeness (QED) is 0.502. The minimum Gasteiger partial charge on any atom is -0.392 e. The maximum absolute atomic E-state index is 12.1. The number of rotatable bonds is 4. The number of hydrogen-bond donors (Lipinski definition) is 2. The number of anilines is 1. The van der Waals surface area contributed by atoms with Crippen molar-refractivity contribution < 1.29 is 14.5 Å². The third-order valence-electron chi connectivity index (χ3n) is 3.62. The zero-order valence-corrected chi connectivity index (χ0v) is 12.2. The molecule has 8 heteroatoms. The van der Waals surface area contributed by atoms with Gasteiger partial charge in [-0.1, -0.05) is 11.6 Å². The molecule has 1 aliphatic heterocycles. The van der Waals surface area contributed by atoms with E-state index in [2.05, 4.69) is 5.32 Å². The van der Waals surface area contributed by atoms with Crippen LogP contribution in [0.15, 0.2) is 12.1 Å². The molecule has 2 rings (SSSR count). The lowest BCUT2D eigenvalue weighted by Crippen LogP contribution is -2.32. The van der Waals surface area contributed by atoms with Crippen LogP contribution in [0.1, 0.15) is 23.7 Å². The van der Waals surface area contributed by atoms with E-state index in [9.17, 15) is 14.9 Å². The van der Waals surface area contributed by atoms with Gasteiger partial charge in [0.05, 0.1) is 16.0 Å². The van der Waals surface area contributed by atoms with E-state index in [1.54, 1.807) is 0 Å². The van der Waals surface area contributed by atoms with Gasteiger partial charge in [0.15, 0.2) is 0 Å². The zero-order chi connectivity index (χ0) is 15.6. The summed E-state index contributed by atoms with van der Waals surface area (Å²) >= 11 is 5.83. The zero-order valence-electron chi connectivity index (χ0n) is 11.5. The smallest absolute Gasteiger partial charge is 0.294 e. The number of carbonyl (C=O) groups excluding carboxylic acids is 1. The second-order valence-corrected chi connectivity index (χ2v) is 5.39. The molecule has 114 valence electrons. The standard InChI is InChI=1S/C13H16ClN3O4/c1-7-8(2-3-21-7)6-16-13(18)9-4-10(14)12(15)11(5-9)17(19)20/h4-5,7-8H,2-3,6,15H2,1H3,(H,16,18). The Balaban J connectivity index is 2.10. The predicted molar refractivity (Wildman–Crippen MR) is 78.4 cm³/mol. The highest BCUT2D eigenvalue weighted by atomic mass is 35.5. The topological polar surface area (TPSA) is 107 Å². The molecule has 0 radical (unpaired) electrons. The summed E-state index contributed by atoms with van der Waals surface area (Å²) in [5.41, 5.74) is 5.13. The maximum atomic E-state index is 12.1. The maximum Gasteiger partial charge on any atom is 0.294 e. The van der Waals surface area contributed by atoms with E-state index in [-0.39, 0.29) is 34.0 Å². The third kappa shape index (κ3) is 3.43. The van der Waals surface area contributed by atoms with Crippen LogP contribution >= 0.6 is 11.6 Å². The summed E-state index contributed by atoms with van der Waals surface area (Å²) in [5, 5.41) is 13.6. The van der Waals surface area contributed by atoms with Crippen LogP contribution in [0.2, 0.25) is 5.02 Å². The lowest BCUT2D eigenvalue weighted by atomic mass is 10.0. The number of nitrogens with one attached hydrogen (secondary N) is 1. The third-order valence-corrected chi connectivity index (χ3v) is 3.94. The number of benzene rings is 1. The Labute approximate surface area is 126 Å². The molecule has 0 aromatic heterocycles. The Morgan fingerprint density at radius 3 is 2.90 bits per heavy atom. The minimum atomic E-state index is -0.662. The number of amides is 1. The number of halogens is 1. The highest BCUT2D eigenvalue weighted by molar-refractivity contribution is 6.34. The average molecular weight is 314 g/mol. The Bertz CT molecular complexity index is 579. The second-order valence-electron chi connectivity index (χ2n) is 4.98. The van der Waals surface area contributed by atoms with Crippen molar-refractivity contribution in [3.63, 3.8) is 0 Å². The number of hydrogen-bond acceptors (Lipinski definition) is 5. The van der Waals surface area contributed by atoms with Gasteiger partial charge in [0, 0.05) is 30.7 Å². The van der Waals surface area contributed by atoms with Crippen LogP contribution in [0.4, 0.5) is 11.4 Å². The molecule has 0 aliphatic carbocycles. The molecule has 21 heavy (non-hydrogen) atoms. The van der Waals surface area contributed by atoms with Gasteiger partial charge >= 0.3 is 0 Å². The summed E-state index contributed by atoms with van der Waals surface area (Å²) in [6.45, 7) is 3.09. The molecule has 3 N–H and O–H groups in total. The first-order chi connectivity index (χ1) is 9.90. The van der Waals surface area contributed by atoms with E-state index in [0.717, 1.165) is 12.5 Å². The molecule has 1 saturated heterocycles. The predicted octanol–water partition coefficient (Wildman–Crippen LogP) is 1.99. The van der Waals surface area contributed by atoms with Crippen LogP contribution in [0.5, 0.6) is 0 Å². The number of nitro groups is 1. The van der Waals surface area contributed by atoms with Crippen LogP contribution in [0.3, 0.4) is 0 Å². The Kier molecular flexibility index (Phi) is 4.64. The van der Waals surface area contributed by atoms with E-state index in [0.29, 0.717) is 13.2 Å². The Morgan fingerprint density at radius 1 is 1.62 bits per heavy atom. The molecule has 1 fully saturated rings. The summed E-state index contributed by atoms with van der Waals surface area (Å²) in [7, 11) is 0. The van der Waals surface area contributed by atoms with Gasteiger partial charge in [-0.15, -0.1) is 0 Å². The molecule has 0 spiro atoms. The fourth-order valence-corrected chi connectivity index (χ4v) is 2.47. The second kappa shape index (κ2) is 6.28. The van der Waals surface area contributed by atoms with Gasteiger partial charge in [0.25, 0.3) is 11.6 Å². The summed E-state index contributed by atoms with van der Waals surface area (Å²) in [6.07, 6.45) is 0.971. The van der Waals surface area contributed by atoms with Gasteiger partial charge in [0.1, 0.15) is 5.69 Å². The molecular weight excluding hydrogens is 298 g/mol. The molecule has 0 saturated carbocycles. The first kappa shape index (κ1) is 15.5. The summed E-state index contributed by atoms with van der Waals surface area (Å²) in [5.74, 6) is -0.174. The van der Waals surface area contributed by atoms with Crippen molar-refractivity contribution in [2.75, 3.05) is 18.9 Å². The number of carbonyl (C=O) groups is 1. The van der Waals surface area contributed by atoms with Crippen molar-refractivity contribution in [3.05, 3.63) is 32.8 Å². The first-order valence-corrected chi connectivity index (χ1v) is 6.91. The molecule has 2 unspecified atom stereocenters. The molecule has 1 amide bonds. The fraction of sp³-hybridized carbons (Fsp3) is 0.462. The molecule has 1 aromatic rings. The minimum absolute atomic E-state index is 0.00748. The van der Waals surface area contributed by atoms with Crippen LogP contribution in [-0.4, -0.2) is 30.1 Å². The lowest BCUT2D eigenvalue weighted by Gasteiger charge is -2.14. The average Bonchev–Trinajstić information content (AvgIpc) is 2.84. The van der Waals surface area contributed by atoms with E-state index < -0.39 is 10.8 Å². The van der Waals surface area contributed by atoms with Crippen LogP contribution in [0.25, 0.3) is 0 Å². The molecule has 1 aliphatic rings. The lowest BCUT2D eigenvalue weighted by molar-refractivity contribution is -0.383. The van der Waals surface area contributed by atoms with Crippen LogP contribution in [0, 0.1) is 16.0 Å². The molecule has 7 nitrogen and oxygen atoms in total. The normalized spacial score (nSPS) is 21.2. The van der Waals surface area contributed by atoms with Crippen molar-refractivity contribution in [3.8, 4) is 0 Å². The Hall–Kier alpha value is -1.86. The van der Waals surface area contributed by atoms with E-state index in [1.165, 1.54) is 6.07 Å². The van der Waals surface area contributed by atoms with Crippen molar-refractivity contribution in [1.82, 2.24) is 5.32 Å². The summed E-state index contributed by atoms with van der Waals surface area (Å²) in [6, 6.07) is 2.46. The van der Waals surface area contributed by atoms with Crippen molar-refractivity contribution >= 4 is 28.9 Å².